The number of piperazine rings is 1. The van der Waals surface area contributed by atoms with Crippen LogP contribution in [0, 0.1) is 5.92 Å². The van der Waals surface area contributed by atoms with Crippen molar-refractivity contribution in [2.24, 2.45) is 5.92 Å². The standard InChI is InChI=1S/C14H28N2S/c1-3-13(11-17)9-16-10-14-6-4-5-7-15(14)8-12(16)2/h12-14,17H,3-11H2,1-2H3. The monoisotopic (exact) mass is 256 g/mol. The van der Waals surface area contributed by atoms with E-state index in [4.69, 9.17) is 0 Å². The van der Waals surface area contributed by atoms with E-state index in [0.717, 1.165) is 23.8 Å². The molecular formula is C14H28N2S. The van der Waals surface area contributed by atoms with Crippen molar-refractivity contribution in [2.45, 2.75) is 51.6 Å². The maximum atomic E-state index is 4.48. The topological polar surface area (TPSA) is 6.48 Å². The van der Waals surface area contributed by atoms with Gasteiger partial charge < -0.3 is 0 Å². The van der Waals surface area contributed by atoms with Gasteiger partial charge in [-0.25, -0.2) is 0 Å². The van der Waals surface area contributed by atoms with Crippen LogP contribution in [0.3, 0.4) is 0 Å². The molecular weight excluding hydrogens is 228 g/mol. The van der Waals surface area contributed by atoms with Gasteiger partial charge in [0.2, 0.25) is 0 Å². The van der Waals surface area contributed by atoms with Crippen molar-refractivity contribution in [3.8, 4) is 0 Å². The van der Waals surface area contributed by atoms with Crippen molar-refractivity contribution in [2.75, 3.05) is 31.9 Å². The molecule has 2 saturated heterocycles. The predicted molar refractivity (Wildman–Crippen MR) is 77.9 cm³/mol. The second-order valence-corrected chi connectivity index (χ2v) is 6.27. The minimum absolute atomic E-state index is 0.735. The molecule has 0 aromatic rings. The van der Waals surface area contributed by atoms with Gasteiger partial charge in [-0.2, -0.15) is 12.6 Å². The van der Waals surface area contributed by atoms with Gasteiger partial charge in [0.1, 0.15) is 0 Å². The van der Waals surface area contributed by atoms with Crippen molar-refractivity contribution in [3.63, 3.8) is 0 Å². The van der Waals surface area contributed by atoms with E-state index in [1.54, 1.807) is 0 Å². The fourth-order valence-corrected chi connectivity index (χ4v) is 3.69. The summed E-state index contributed by atoms with van der Waals surface area (Å²) < 4.78 is 0. The Balaban J connectivity index is 1.90. The van der Waals surface area contributed by atoms with Gasteiger partial charge in [0.05, 0.1) is 0 Å². The number of rotatable bonds is 4. The van der Waals surface area contributed by atoms with Gasteiger partial charge in [-0.05, 0) is 38.0 Å². The third kappa shape index (κ3) is 3.39. The summed E-state index contributed by atoms with van der Waals surface area (Å²) in [4.78, 5) is 5.45. The lowest BCUT2D eigenvalue weighted by Crippen LogP contribution is -2.59. The minimum atomic E-state index is 0.735. The fraction of sp³-hybridized carbons (Fsp3) is 1.00. The molecule has 0 radical (unpaired) electrons. The Bertz CT molecular complexity index is 230. The van der Waals surface area contributed by atoms with E-state index in [1.165, 1.54) is 51.9 Å². The Labute approximate surface area is 112 Å². The molecule has 2 fully saturated rings. The highest BCUT2D eigenvalue weighted by atomic mass is 32.1. The van der Waals surface area contributed by atoms with Gasteiger partial charge in [0.25, 0.3) is 0 Å². The molecule has 2 aliphatic heterocycles. The third-order valence-electron chi connectivity index (χ3n) is 4.64. The normalized spacial score (nSPS) is 33.4. The van der Waals surface area contributed by atoms with E-state index in [0.29, 0.717) is 0 Å². The number of hydrogen-bond donors (Lipinski definition) is 1. The molecule has 3 heteroatoms. The molecule has 2 rings (SSSR count). The van der Waals surface area contributed by atoms with Crippen LogP contribution in [0.4, 0.5) is 0 Å². The molecule has 3 unspecified atom stereocenters. The van der Waals surface area contributed by atoms with E-state index in [1.807, 2.05) is 0 Å². The summed E-state index contributed by atoms with van der Waals surface area (Å²) in [5.41, 5.74) is 0. The van der Waals surface area contributed by atoms with E-state index in [2.05, 4.69) is 36.3 Å². The lowest BCUT2D eigenvalue weighted by atomic mass is 9.96. The third-order valence-corrected chi connectivity index (χ3v) is 5.16. The van der Waals surface area contributed by atoms with Crippen molar-refractivity contribution < 1.29 is 0 Å². The molecule has 2 nitrogen and oxygen atoms in total. The maximum absolute atomic E-state index is 4.48. The van der Waals surface area contributed by atoms with Gasteiger partial charge in [0.15, 0.2) is 0 Å². The second-order valence-electron chi connectivity index (χ2n) is 5.90. The highest BCUT2D eigenvalue weighted by Crippen LogP contribution is 2.25. The first kappa shape index (κ1) is 13.7. The quantitative estimate of drug-likeness (QED) is 0.772. The number of fused-ring (bicyclic) bond motifs is 1. The molecule has 100 valence electrons. The molecule has 0 bridgehead atoms. The molecule has 0 aromatic carbocycles. The zero-order chi connectivity index (χ0) is 12.3. The average molecular weight is 256 g/mol. The number of hydrogen-bond acceptors (Lipinski definition) is 3. The lowest BCUT2D eigenvalue weighted by molar-refractivity contribution is 0.00897. The zero-order valence-corrected chi connectivity index (χ0v) is 12.3. The largest absolute Gasteiger partial charge is 0.298 e. The highest BCUT2D eigenvalue weighted by Gasteiger charge is 2.33. The number of nitrogens with zero attached hydrogens (tertiary/aromatic N) is 2. The summed E-state index contributed by atoms with van der Waals surface area (Å²) in [6.45, 7) is 9.87. The smallest absolute Gasteiger partial charge is 0.0223 e. The summed E-state index contributed by atoms with van der Waals surface area (Å²) in [5.74, 6) is 1.81. The maximum Gasteiger partial charge on any atom is 0.0223 e. The highest BCUT2D eigenvalue weighted by molar-refractivity contribution is 7.80. The van der Waals surface area contributed by atoms with Crippen LogP contribution in [0.25, 0.3) is 0 Å². The van der Waals surface area contributed by atoms with Crippen LogP contribution in [0.15, 0.2) is 0 Å². The van der Waals surface area contributed by atoms with Crippen molar-refractivity contribution in [1.82, 2.24) is 9.80 Å². The van der Waals surface area contributed by atoms with Crippen molar-refractivity contribution in [1.29, 1.82) is 0 Å². The Morgan fingerprint density at radius 2 is 2.12 bits per heavy atom. The minimum Gasteiger partial charge on any atom is -0.298 e. The van der Waals surface area contributed by atoms with E-state index in [-0.39, 0.29) is 0 Å². The summed E-state index contributed by atoms with van der Waals surface area (Å²) in [5, 5.41) is 0. The summed E-state index contributed by atoms with van der Waals surface area (Å²) >= 11 is 4.48. The molecule has 17 heavy (non-hydrogen) atoms. The van der Waals surface area contributed by atoms with Gasteiger partial charge in [-0.15, -0.1) is 0 Å². The summed E-state index contributed by atoms with van der Waals surface area (Å²) in [6.07, 6.45) is 5.53. The molecule has 0 amide bonds. The van der Waals surface area contributed by atoms with Crippen molar-refractivity contribution >= 4 is 12.6 Å². The van der Waals surface area contributed by atoms with Crippen LogP contribution in [0.5, 0.6) is 0 Å². The lowest BCUT2D eigenvalue weighted by Gasteiger charge is -2.48. The van der Waals surface area contributed by atoms with E-state index >= 15 is 0 Å². The first-order valence-electron chi connectivity index (χ1n) is 7.33. The molecule has 2 heterocycles. The molecule has 0 saturated carbocycles. The summed E-state index contributed by atoms with van der Waals surface area (Å²) in [7, 11) is 0. The predicted octanol–water partition coefficient (Wildman–Crippen LogP) is 2.50. The van der Waals surface area contributed by atoms with Crippen LogP contribution in [0.2, 0.25) is 0 Å². The van der Waals surface area contributed by atoms with Crippen LogP contribution in [-0.2, 0) is 0 Å². The Kier molecular flexibility index (Phi) is 5.19. The van der Waals surface area contributed by atoms with Crippen molar-refractivity contribution in [3.05, 3.63) is 0 Å². The Hall–Kier alpha value is 0.270. The SMILES string of the molecule is CCC(CS)CN1CC2CCCCN2CC1C. The molecule has 3 atom stereocenters. The summed E-state index contributed by atoms with van der Waals surface area (Å²) in [6, 6.07) is 1.58. The molecule has 0 spiro atoms. The van der Waals surface area contributed by atoms with Gasteiger partial charge in [0, 0.05) is 31.7 Å². The Morgan fingerprint density at radius 1 is 1.29 bits per heavy atom. The molecule has 2 aliphatic rings. The zero-order valence-electron chi connectivity index (χ0n) is 11.4. The van der Waals surface area contributed by atoms with Gasteiger partial charge >= 0.3 is 0 Å². The van der Waals surface area contributed by atoms with Crippen LogP contribution >= 0.6 is 12.6 Å². The first-order chi connectivity index (χ1) is 8.24. The second kappa shape index (κ2) is 6.44. The van der Waals surface area contributed by atoms with Gasteiger partial charge in [-0.3, -0.25) is 9.80 Å². The average Bonchev–Trinajstić information content (AvgIpc) is 2.36. The van der Waals surface area contributed by atoms with Gasteiger partial charge in [-0.1, -0.05) is 19.8 Å². The number of thiol groups is 1. The molecule has 0 N–H and O–H groups in total. The fourth-order valence-electron chi connectivity index (χ4n) is 3.31. The Morgan fingerprint density at radius 3 is 2.82 bits per heavy atom. The van der Waals surface area contributed by atoms with E-state index < -0.39 is 0 Å². The number of piperidine rings is 1. The van der Waals surface area contributed by atoms with Crippen LogP contribution in [-0.4, -0.2) is 53.8 Å². The van der Waals surface area contributed by atoms with E-state index in [9.17, 15) is 0 Å². The first-order valence-corrected chi connectivity index (χ1v) is 7.96. The van der Waals surface area contributed by atoms with Crippen LogP contribution < -0.4 is 0 Å². The molecule has 0 aromatic heterocycles. The van der Waals surface area contributed by atoms with Crippen LogP contribution in [0.1, 0.15) is 39.5 Å². The molecule has 0 aliphatic carbocycles.